The molecule has 27 heavy (non-hydrogen) atoms. The monoisotopic (exact) mass is 396 g/mol. The van der Waals surface area contributed by atoms with Crippen LogP contribution in [0.15, 0.2) is 18.5 Å². The number of rotatable bonds is 2. The second-order valence-electron chi connectivity index (χ2n) is 7.38. The predicted octanol–water partition coefficient (Wildman–Crippen LogP) is 4.17. The van der Waals surface area contributed by atoms with Crippen LogP contribution >= 0.6 is 10.3 Å². The smallest absolute Gasteiger partial charge is 0.220 e. The van der Waals surface area contributed by atoms with Crippen molar-refractivity contribution < 1.29 is 4.55 Å². The summed E-state index contributed by atoms with van der Waals surface area (Å²) in [6.07, 6.45) is 14.4. The van der Waals surface area contributed by atoms with Gasteiger partial charge in [-0.2, -0.15) is 5.10 Å². The fourth-order valence-corrected chi connectivity index (χ4v) is 2.47. The van der Waals surface area contributed by atoms with Crippen molar-refractivity contribution >= 4 is 22.1 Å². The van der Waals surface area contributed by atoms with Crippen LogP contribution in [0.5, 0.6) is 0 Å². The number of hydrogen-bond acceptors (Lipinski definition) is 6. The molecular formula is C19H36N6OS. The highest BCUT2D eigenvalue weighted by Gasteiger charge is 2.08. The number of aryl methyl sites for hydroxylation is 1. The minimum absolute atomic E-state index is 0.228. The largest absolute Gasteiger partial charge is 0.383 e. The number of nitrogens with zero attached hydrogens (tertiary/aromatic N) is 4. The lowest BCUT2D eigenvalue weighted by Crippen LogP contribution is -1.99. The maximum Gasteiger partial charge on any atom is 0.220 e. The molecular weight excluding hydrogens is 360 g/mol. The molecule has 0 aromatic carbocycles. The Morgan fingerprint density at radius 1 is 1.22 bits per heavy atom. The number of anilines is 2. The second-order valence-corrected chi connectivity index (χ2v) is 10.9. The van der Waals surface area contributed by atoms with Gasteiger partial charge in [-0.15, -0.1) is 10.3 Å². The molecule has 1 saturated carbocycles. The summed E-state index contributed by atoms with van der Waals surface area (Å²) in [6.45, 7) is 4.36. The molecule has 154 valence electrons. The zero-order valence-corrected chi connectivity index (χ0v) is 18.2. The maximum atomic E-state index is 8.91. The Morgan fingerprint density at radius 2 is 1.81 bits per heavy atom. The minimum Gasteiger partial charge on any atom is -0.383 e. The summed E-state index contributed by atoms with van der Waals surface area (Å²) in [5.41, 5.74) is 12.7. The summed E-state index contributed by atoms with van der Waals surface area (Å²) >= 11 is 0. The molecule has 0 radical (unpaired) electrons. The van der Waals surface area contributed by atoms with E-state index in [1.807, 2.05) is 19.4 Å². The van der Waals surface area contributed by atoms with Crippen LogP contribution in [0.4, 0.5) is 11.8 Å². The van der Waals surface area contributed by atoms with Gasteiger partial charge >= 0.3 is 0 Å². The average Bonchev–Trinajstić information content (AvgIpc) is 2.95. The standard InChI is InChI=1S/C8H10N6.C7H14.C4H12OS/c1-14-7(9)5(4-12-14)6-2-3-11-8(10)13-6;1-7-5-3-2-4-6-7;1-4-6(2,3)5/h2-4H,9H2,1H3,(H2,10,11,13);7H,2-6H2,1H3;5H,4H2,1-3H3. The number of nitrogens with two attached hydrogens (primary N) is 2. The Balaban J connectivity index is 0.000000235. The van der Waals surface area contributed by atoms with Crippen molar-refractivity contribution in [1.82, 2.24) is 19.7 Å². The first-order valence-electron chi connectivity index (χ1n) is 9.43. The van der Waals surface area contributed by atoms with Crippen LogP contribution in [0.25, 0.3) is 11.3 Å². The van der Waals surface area contributed by atoms with Crippen molar-refractivity contribution in [2.24, 2.45) is 13.0 Å². The highest BCUT2D eigenvalue weighted by molar-refractivity contribution is 8.27. The van der Waals surface area contributed by atoms with E-state index in [9.17, 15) is 0 Å². The Kier molecular flexibility index (Phi) is 9.59. The third-order valence-electron chi connectivity index (χ3n) is 4.54. The first-order chi connectivity index (χ1) is 12.6. The fourth-order valence-electron chi connectivity index (χ4n) is 2.47. The van der Waals surface area contributed by atoms with Gasteiger partial charge in [0, 0.05) is 13.2 Å². The van der Waals surface area contributed by atoms with Gasteiger partial charge in [-0.25, -0.2) is 9.97 Å². The van der Waals surface area contributed by atoms with Gasteiger partial charge in [0.2, 0.25) is 5.95 Å². The first kappa shape index (κ1) is 23.2. The summed E-state index contributed by atoms with van der Waals surface area (Å²) in [5.74, 6) is 2.73. The number of hydrogen-bond donors (Lipinski definition) is 3. The third-order valence-corrected chi connectivity index (χ3v) is 5.95. The van der Waals surface area contributed by atoms with Gasteiger partial charge < -0.3 is 16.0 Å². The molecule has 0 saturated heterocycles. The topological polar surface area (TPSA) is 116 Å². The highest BCUT2D eigenvalue weighted by atomic mass is 32.3. The second kappa shape index (κ2) is 11.1. The van der Waals surface area contributed by atoms with Crippen LogP contribution in [0.2, 0.25) is 0 Å². The average molecular weight is 397 g/mol. The van der Waals surface area contributed by atoms with E-state index in [4.69, 9.17) is 16.0 Å². The van der Waals surface area contributed by atoms with Crippen LogP contribution in [-0.4, -0.2) is 42.6 Å². The van der Waals surface area contributed by atoms with E-state index in [1.54, 1.807) is 30.2 Å². The minimum atomic E-state index is -1.16. The van der Waals surface area contributed by atoms with E-state index in [1.165, 1.54) is 32.1 Å². The first-order valence-corrected chi connectivity index (χ1v) is 12.0. The molecule has 8 heteroatoms. The van der Waals surface area contributed by atoms with Gasteiger partial charge in [0.25, 0.3) is 0 Å². The molecule has 1 aliphatic carbocycles. The summed E-state index contributed by atoms with van der Waals surface area (Å²) in [6, 6.07) is 1.74. The van der Waals surface area contributed by atoms with Gasteiger partial charge in [-0.05, 0) is 30.2 Å². The van der Waals surface area contributed by atoms with Crippen molar-refractivity contribution in [3.05, 3.63) is 18.5 Å². The van der Waals surface area contributed by atoms with Gasteiger partial charge in [-0.3, -0.25) is 4.68 Å². The maximum absolute atomic E-state index is 8.91. The Hall–Kier alpha value is -1.80. The molecule has 0 bridgehead atoms. The SMILES string of the molecule is CC1CCCCC1.CCS(C)(C)O.Cn1ncc(-c2ccnc(N)n2)c1N. The van der Waals surface area contributed by atoms with Crippen molar-refractivity contribution in [3.8, 4) is 11.3 Å². The van der Waals surface area contributed by atoms with E-state index >= 15 is 0 Å². The van der Waals surface area contributed by atoms with Crippen LogP contribution in [0.1, 0.15) is 46.0 Å². The van der Waals surface area contributed by atoms with Crippen LogP contribution < -0.4 is 11.5 Å². The Morgan fingerprint density at radius 3 is 2.19 bits per heavy atom. The van der Waals surface area contributed by atoms with E-state index in [0.29, 0.717) is 11.5 Å². The summed E-state index contributed by atoms with van der Waals surface area (Å²) in [7, 11) is 0.605. The van der Waals surface area contributed by atoms with Crippen LogP contribution in [0.3, 0.4) is 0 Å². The van der Waals surface area contributed by atoms with Gasteiger partial charge in [0.1, 0.15) is 5.82 Å². The molecule has 1 fully saturated rings. The molecule has 0 spiro atoms. The Labute approximate surface area is 165 Å². The molecule has 0 unspecified atom stereocenters. The third kappa shape index (κ3) is 9.10. The Bertz CT molecular complexity index is 677. The molecule has 5 N–H and O–H groups in total. The van der Waals surface area contributed by atoms with Crippen molar-refractivity contribution in [2.45, 2.75) is 46.0 Å². The molecule has 0 amide bonds. The van der Waals surface area contributed by atoms with E-state index in [0.717, 1.165) is 17.2 Å². The molecule has 7 nitrogen and oxygen atoms in total. The van der Waals surface area contributed by atoms with E-state index in [-0.39, 0.29) is 5.95 Å². The quantitative estimate of drug-likeness (QED) is 0.701. The molecule has 2 heterocycles. The highest BCUT2D eigenvalue weighted by Crippen LogP contribution is 2.32. The van der Waals surface area contributed by atoms with Gasteiger partial charge in [0.15, 0.2) is 0 Å². The number of nitrogen functional groups attached to an aromatic ring is 2. The lowest BCUT2D eigenvalue weighted by atomic mass is 9.91. The lowest BCUT2D eigenvalue weighted by Gasteiger charge is -2.19. The lowest BCUT2D eigenvalue weighted by molar-refractivity contribution is 0.385. The predicted molar refractivity (Wildman–Crippen MR) is 118 cm³/mol. The van der Waals surface area contributed by atoms with Crippen LogP contribution in [-0.2, 0) is 7.05 Å². The number of aromatic nitrogens is 4. The normalized spacial score (nSPS) is 15.2. The zero-order chi connectivity index (χ0) is 20.4. The molecule has 3 rings (SSSR count). The van der Waals surface area contributed by atoms with Crippen molar-refractivity contribution in [2.75, 3.05) is 29.7 Å². The zero-order valence-electron chi connectivity index (χ0n) is 17.4. The molecule has 0 aliphatic heterocycles. The van der Waals surface area contributed by atoms with E-state index < -0.39 is 10.3 Å². The molecule has 0 atom stereocenters. The molecule has 2 aromatic rings. The fraction of sp³-hybridized carbons (Fsp3) is 0.632. The van der Waals surface area contributed by atoms with Crippen LogP contribution in [0, 0.1) is 5.92 Å². The molecule has 2 aromatic heterocycles. The van der Waals surface area contributed by atoms with E-state index in [2.05, 4.69) is 22.0 Å². The summed E-state index contributed by atoms with van der Waals surface area (Å²) < 4.78 is 10.5. The van der Waals surface area contributed by atoms with Gasteiger partial charge in [-0.1, -0.05) is 46.0 Å². The summed E-state index contributed by atoms with van der Waals surface area (Å²) in [5, 5.41) is 4.01. The molecule has 1 aliphatic rings. The summed E-state index contributed by atoms with van der Waals surface area (Å²) in [4.78, 5) is 7.85. The van der Waals surface area contributed by atoms with Crippen molar-refractivity contribution in [3.63, 3.8) is 0 Å². The van der Waals surface area contributed by atoms with Gasteiger partial charge in [0.05, 0.1) is 17.5 Å². The van der Waals surface area contributed by atoms with Crippen molar-refractivity contribution in [1.29, 1.82) is 0 Å².